The highest BCUT2D eigenvalue weighted by atomic mass is 32.1. The first kappa shape index (κ1) is 19.8. The number of nitrogens with one attached hydrogen (secondary N) is 1. The predicted octanol–water partition coefficient (Wildman–Crippen LogP) is 3.25. The zero-order chi connectivity index (χ0) is 19.6. The Morgan fingerprint density at radius 2 is 1.86 bits per heavy atom. The maximum Gasteiger partial charge on any atom is 0.169 e. The molecule has 0 atom stereocenters. The summed E-state index contributed by atoms with van der Waals surface area (Å²) in [5.74, 6) is 0.852. The molecule has 2 aromatic heterocycles. The Morgan fingerprint density at radius 1 is 1.07 bits per heavy atom. The van der Waals surface area contributed by atoms with Crippen LogP contribution in [0.1, 0.15) is 17.5 Å². The van der Waals surface area contributed by atoms with E-state index in [0.717, 1.165) is 42.5 Å². The smallest absolute Gasteiger partial charge is 0.169 e. The third-order valence-corrected chi connectivity index (χ3v) is 4.82. The summed E-state index contributed by atoms with van der Waals surface area (Å²) in [7, 11) is 1.67. The summed E-state index contributed by atoms with van der Waals surface area (Å²) in [5, 5.41) is 4.13. The van der Waals surface area contributed by atoms with Crippen molar-refractivity contribution in [2.45, 2.75) is 26.1 Å². The van der Waals surface area contributed by atoms with Gasteiger partial charge in [0.25, 0.3) is 0 Å². The van der Waals surface area contributed by atoms with Gasteiger partial charge in [0.2, 0.25) is 0 Å². The Balaban J connectivity index is 1.57. The van der Waals surface area contributed by atoms with Gasteiger partial charge in [-0.15, -0.1) is 0 Å². The fourth-order valence-corrected chi connectivity index (χ4v) is 3.09. The number of benzene rings is 1. The van der Waals surface area contributed by atoms with Crippen molar-refractivity contribution >= 4 is 17.3 Å². The van der Waals surface area contributed by atoms with Gasteiger partial charge >= 0.3 is 0 Å². The Hall–Kier alpha value is -2.93. The molecule has 2 heterocycles. The van der Waals surface area contributed by atoms with Crippen molar-refractivity contribution in [3.8, 4) is 5.75 Å². The molecular weight excluding hydrogens is 370 g/mol. The standard InChI is InChI=1S/C21H25N5OS/c1-27-20-5-3-18(4-6-20)15-24-21(28)26(16-19-7-9-22-10-8-19)13-2-12-25-14-11-23-17-25/h3-11,14,17H,2,12-13,15-16H2,1H3,(H,24,28). The van der Waals surface area contributed by atoms with E-state index in [9.17, 15) is 0 Å². The number of rotatable bonds is 9. The topological polar surface area (TPSA) is 55.2 Å². The second-order valence-corrected chi connectivity index (χ2v) is 6.82. The third kappa shape index (κ3) is 6.06. The molecule has 0 aliphatic carbocycles. The molecule has 0 aliphatic rings. The number of imidazole rings is 1. The number of thiocarbonyl (C=S) groups is 1. The van der Waals surface area contributed by atoms with Gasteiger partial charge in [-0.05, 0) is 54.0 Å². The molecule has 1 N–H and O–H groups in total. The van der Waals surface area contributed by atoms with Crippen LogP contribution in [-0.2, 0) is 19.6 Å². The fourth-order valence-electron chi connectivity index (χ4n) is 2.86. The molecule has 0 amide bonds. The van der Waals surface area contributed by atoms with Gasteiger partial charge in [0.05, 0.1) is 13.4 Å². The van der Waals surface area contributed by atoms with Gasteiger partial charge in [0.15, 0.2) is 5.11 Å². The molecule has 0 saturated carbocycles. The molecule has 0 aliphatic heterocycles. The molecule has 28 heavy (non-hydrogen) atoms. The minimum Gasteiger partial charge on any atom is -0.497 e. The zero-order valence-electron chi connectivity index (χ0n) is 16.0. The first-order chi connectivity index (χ1) is 13.7. The van der Waals surface area contributed by atoms with Crippen molar-refractivity contribution in [3.63, 3.8) is 0 Å². The van der Waals surface area contributed by atoms with Crippen molar-refractivity contribution in [1.29, 1.82) is 0 Å². The van der Waals surface area contributed by atoms with E-state index < -0.39 is 0 Å². The largest absolute Gasteiger partial charge is 0.497 e. The number of hydrogen-bond donors (Lipinski definition) is 1. The Labute approximate surface area is 171 Å². The first-order valence-corrected chi connectivity index (χ1v) is 9.66. The summed E-state index contributed by atoms with van der Waals surface area (Å²) in [5.41, 5.74) is 2.34. The van der Waals surface area contributed by atoms with Crippen LogP contribution < -0.4 is 10.1 Å². The average Bonchev–Trinajstić information content (AvgIpc) is 3.26. The van der Waals surface area contributed by atoms with Gasteiger partial charge in [-0.3, -0.25) is 4.98 Å². The number of ether oxygens (including phenoxy) is 1. The highest BCUT2D eigenvalue weighted by molar-refractivity contribution is 7.80. The predicted molar refractivity (Wildman–Crippen MR) is 114 cm³/mol. The molecule has 3 rings (SSSR count). The quantitative estimate of drug-likeness (QED) is 0.562. The lowest BCUT2D eigenvalue weighted by Gasteiger charge is -2.26. The van der Waals surface area contributed by atoms with E-state index in [1.807, 2.05) is 61.3 Å². The number of aromatic nitrogens is 3. The average molecular weight is 396 g/mol. The van der Waals surface area contributed by atoms with E-state index in [1.165, 1.54) is 5.56 Å². The number of nitrogens with zero attached hydrogens (tertiary/aromatic N) is 4. The van der Waals surface area contributed by atoms with Crippen molar-refractivity contribution in [1.82, 2.24) is 24.8 Å². The van der Waals surface area contributed by atoms with E-state index in [2.05, 4.69) is 24.8 Å². The maximum atomic E-state index is 5.69. The van der Waals surface area contributed by atoms with Crippen LogP contribution in [0.4, 0.5) is 0 Å². The van der Waals surface area contributed by atoms with Crippen LogP contribution in [0.25, 0.3) is 0 Å². The van der Waals surface area contributed by atoms with E-state index in [4.69, 9.17) is 17.0 Å². The lowest BCUT2D eigenvalue weighted by atomic mass is 10.2. The minimum atomic E-state index is 0.678. The highest BCUT2D eigenvalue weighted by Crippen LogP contribution is 2.11. The van der Waals surface area contributed by atoms with Gasteiger partial charge in [-0.25, -0.2) is 4.98 Å². The van der Waals surface area contributed by atoms with Crippen LogP contribution in [0.2, 0.25) is 0 Å². The Kier molecular flexibility index (Phi) is 7.37. The van der Waals surface area contributed by atoms with E-state index in [0.29, 0.717) is 6.54 Å². The summed E-state index contributed by atoms with van der Waals surface area (Å²) in [6.45, 7) is 3.20. The zero-order valence-corrected chi connectivity index (χ0v) is 16.8. The van der Waals surface area contributed by atoms with E-state index >= 15 is 0 Å². The normalized spacial score (nSPS) is 10.5. The summed E-state index contributed by atoms with van der Waals surface area (Å²) < 4.78 is 7.29. The van der Waals surface area contributed by atoms with Crippen LogP contribution in [0.3, 0.4) is 0 Å². The van der Waals surface area contributed by atoms with Crippen molar-refractivity contribution < 1.29 is 4.74 Å². The lowest BCUT2D eigenvalue weighted by Crippen LogP contribution is -2.39. The minimum absolute atomic E-state index is 0.678. The molecule has 0 saturated heterocycles. The van der Waals surface area contributed by atoms with Gasteiger partial charge in [-0.2, -0.15) is 0 Å². The summed E-state index contributed by atoms with van der Waals surface area (Å²) in [6.07, 6.45) is 10.2. The Morgan fingerprint density at radius 3 is 2.54 bits per heavy atom. The second-order valence-electron chi connectivity index (χ2n) is 6.44. The molecule has 0 bridgehead atoms. The molecule has 7 heteroatoms. The van der Waals surface area contributed by atoms with Crippen molar-refractivity contribution in [3.05, 3.63) is 78.6 Å². The highest BCUT2D eigenvalue weighted by Gasteiger charge is 2.10. The summed E-state index contributed by atoms with van der Waals surface area (Å²) in [4.78, 5) is 10.4. The number of hydrogen-bond acceptors (Lipinski definition) is 4. The Bertz CT molecular complexity index is 837. The molecule has 3 aromatic rings. The molecule has 0 radical (unpaired) electrons. The van der Waals surface area contributed by atoms with Crippen LogP contribution in [-0.4, -0.2) is 38.2 Å². The molecule has 1 aromatic carbocycles. The van der Waals surface area contributed by atoms with Crippen LogP contribution in [0.5, 0.6) is 5.75 Å². The molecule has 6 nitrogen and oxygen atoms in total. The van der Waals surface area contributed by atoms with Crippen LogP contribution in [0.15, 0.2) is 67.5 Å². The number of methoxy groups -OCH3 is 1. The molecule has 0 unspecified atom stereocenters. The monoisotopic (exact) mass is 395 g/mol. The van der Waals surface area contributed by atoms with E-state index in [1.54, 1.807) is 13.3 Å². The van der Waals surface area contributed by atoms with Crippen LogP contribution in [0, 0.1) is 0 Å². The maximum absolute atomic E-state index is 5.69. The van der Waals surface area contributed by atoms with Crippen molar-refractivity contribution in [2.75, 3.05) is 13.7 Å². The summed E-state index contributed by atoms with van der Waals surface area (Å²) >= 11 is 5.69. The van der Waals surface area contributed by atoms with E-state index in [-0.39, 0.29) is 0 Å². The lowest BCUT2D eigenvalue weighted by molar-refractivity contribution is 0.384. The molecule has 0 fully saturated rings. The molecule has 0 spiro atoms. The van der Waals surface area contributed by atoms with Gasteiger partial charge in [-0.1, -0.05) is 12.1 Å². The van der Waals surface area contributed by atoms with Gasteiger partial charge < -0.3 is 19.5 Å². The number of pyridine rings is 1. The second kappa shape index (κ2) is 10.4. The van der Waals surface area contributed by atoms with Gasteiger partial charge in [0, 0.05) is 51.0 Å². The third-order valence-electron chi connectivity index (χ3n) is 4.42. The van der Waals surface area contributed by atoms with Crippen molar-refractivity contribution in [2.24, 2.45) is 0 Å². The van der Waals surface area contributed by atoms with Crippen LogP contribution >= 0.6 is 12.2 Å². The fraction of sp³-hybridized carbons (Fsp3) is 0.286. The SMILES string of the molecule is COc1ccc(CNC(=S)N(CCCn2ccnc2)Cc2ccncc2)cc1. The van der Waals surface area contributed by atoms with Gasteiger partial charge in [0.1, 0.15) is 5.75 Å². The molecular formula is C21H25N5OS. The number of aryl methyl sites for hydroxylation is 1. The first-order valence-electron chi connectivity index (χ1n) is 9.25. The summed E-state index contributed by atoms with van der Waals surface area (Å²) in [6, 6.07) is 12.0. The molecule has 146 valence electrons.